The summed E-state index contributed by atoms with van der Waals surface area (Å²) in [5.74, 6) is 0. The molecule has 0 rings (SSSR count). The molecular formula is C10H23O3P. The lowest BCUT2D eigenvalue weighted by molar-refractivity contribution is 0.160. The summed E-state index contributed by atoms with van der Waals surface area (Å²) in [4.78, 5) is 9.74. The summed E-state index contributed by atoms with van der Waals surface area (Å²) in [5.41, 5.74) is -0.205. The molecule has 0 fully saturated rings. The van der Waals surface area contributed by atoms with Gasteiger partial charge in [0.25, 0.3) is 0 Å². The first-order valence-corrected chi connectivity index (χ1v) is 7.17. The largest absolute Gasteiger partial charge is 0.331 e. The molecule has 1 N–H and O–H groups in total. The second-order valence-corrected chi connectivity index (χ2v) is 5.65. The summed E-state index contributed by atoms with van der Waals surface area (Å²) in [6.07, 6.45) is 2.91. The summed E-state index contributed by atoms with van der Waals surface area (Å²) in [7, 11) is -3.39. The maximum absolute atomic E-state index is 11.8. The van der Waals surface area contributed by atoms with Crippen molar-refractivity contribution < 1.29 is 14.0 Å². The van der Waals surface area contributed by atoms with E-state index in [0.29, 0.717) is 12.8 Å². The fourth-order valence-electron chi connectivity index (χ4n) is 1.49. The normalized spacial score (nSPS) is 16.2. The van der Waals surface area contributed by atoms with Crippen LogP contribution in [0.1, 0.15) is 53.4 Å². The molecule has 4 heteroatoms. The van der Waals surface area contributed by atoms with Crippen molar-refractivity contribution in [2.75, 3.05) is 0 Å². The summed E-state index contributed by atoms with van der Waals surface area (Å²) in [6, 6.07) is 0. The molecule has 0 radical (unpaired) electrons. The van der Waals surface area contributed by atoms with Crippen LogP contribution in [0.15, 0.2) is 0 Å². The zero-order chi connectivity index (χ0) is 11.2. The van der Waals surface area contributed by atoms with Crippen LogP contribution in [-0.2, 0) is 9.09 Å². The fraction of sp³-hybridized carbons (Fsp3) is 1.00. The maximum Gasteiger partial charge on any atom is 0.331 e. The highest BCUT2D eigenvalue weighted by Gasteiger charge is 2.31. The highest BCUT2D eigenvalue weighted by molar-refractivity contribution is 7.53. The van der Waals surface area contributed by atoms with Crippen LogP contribution in [0.25, 0.3) is 0 Å². The van der Waals surface area contributed by atoms with E-state index < -0.39 is 7.60 Å². The van der Waals surface area contributed by atoms with Gasteiger partial charge in [-0.25, -0.2) is 0 Å². The molecule has 0 aliphatic rings. The summed E-state index contributed by atoms with van der Waals surface area (Å²) in [5, 5.41) is 0. The first-order valence-electron chi connectivity index (χ1n) is 5.52. The lowest BCUT2D eigenvalue weighted by Crippen LogP contribution is -2.15. The Morgan fingerprint density at radius 3 is 1.79 bits per heavy atom. The molecule has 0 aromatic carbocycles. The van der Waals surface area contributed by atoms with E-state index >= 15 is 0 Å². The minimum absolute atomic E-state index is 0.0774. The fourth-order valence-corrected chi connectivity index (χ4v) is 3.31. The Balaban J connectivity index is 4.37. The second kappa shape index (κ2) is 6.60. The van der Waals surface area contributed by atoms with Gasteiger partial charge in [0.05, 0.1) is 11.8 Å². The highest BCUT2D eigenvalue weighted by Crippen LogP contribution is 2.51. The zero-order valence-corrected chi connectivity index (χ0v) is 10.6. The number of hydrogen-bond acceptors (Lipinski definition) is 2. The third-order valence-corrected chi connectivity index (χ3v) is 4.87. The molecule has 3 nitrogen and oxygen atoms in total. The van der Waals surface area contributed by atoms with Gasteiger partial charge in [-0.15, -0.1) is 0 Å². The van der Waals surface area contributed by atoms with Crippen molar-refractivity contribution in [3.8, 4) is 0 Å². The minimum Gasteiger partial charge on any atom is -0.324 e. The number of rotatable bonds is 7. The van der Waals surface area contributed by atoms with E-state index in [9.17, 15) is 9.46 Å². The standard InChI is InChI=1S/C10H23O3P/c1-5-9(6-2)13-14(11,12)10(7-3)8-4/h9-10H,5-8H2,1-4H3,(H,11,12). The van der Waals surface area contributed by atoms with Gasteiger partial charge in [0.1, 0.15) is 0 Å². The molecule has 1 unspecified atom stereocenters. The van der Waals surface area contributed by atoms with Gasteiger partial charge >= 0.3 is 7.60 Å². The molecule has 0 saturated heterocycles. The van der Waals surface area contributed by atoms with Crippen LogP contribution in [0.5, 0.6) is 0 Å². The molecule has 0 aliphatic heterocycles. The Bertz CT molecular complexity index is 186. The van der Waals surface area contributed by atoms with Gasteiger partial charge in [0, 0.05) is 0 Å². The molecule has 0 aliphatic carbocycles. The number of hydrogen-bond donors (Lipinski definition) is 1. The van der Waals surface area contributed by atoms with Crippen molar-refractivity contribution in [2.45, 2.75) is 65.1 Å². The van der Waals surface area contributed by atoms with Crippen LogP contribution in [0.3, 0.4) is 0 Å². The Hall–Kier alpha value is 0.150. The lowest BCUT2D eigenvalue weighted by atomic mass is 10.2. The Kier molecular flexibility index (Phi) is 6.67. The van der Waals surface area contributed by atoms with E-state index in [1.54, 1.807) is 0 Å². The van der Waals surface area contributed by atoms with E-state index in [0.717, 1.165) is 12.8 Å². The van der Waals surface area contributed by atoms with Crippen molar-refractivity contribution in [2.24, 2.45) is 0 Å². The molecular weight excluding hydrogens is 199 g/mol. The molecule has 0 heterocycles. The minimum atomic E-state index is -3.39. The zero-order valence-electron chi connectivity index (χ0n) is 9.69. The van der Waals surface area contributed by atoms with E-state index in [1.165, 1.54) is 0 Å². The van der Waals surface area contributed by atoms with Crippen LogP contribution in [-0.4, -0.2) is 16.7 Å². The molecule has 0 spiro atoms. The van der Waals surface area contributed by atoms with Gasteiger partial charge in [-0.3, -0.25) is 4.57 Å². The van der Waals surface area contributed by atoms with Gasteiger partial charge in [0.15, 0.2) is 0 Å². The van der Waals surface area contributed by atoms with E-state index in [1.807, 2.05) is 27.7 Å². The monoisotopic (exact) mass is 222 g/mol. The van der Waals surface area contributed by atoms with Crippen molar-refractivity contribution in [3.63, 3.8) is 0 Å². The topological polar surface area (TPSA) is 46.5 Å². The molecule has 0 aromatic rings. The maximum atomic E-state index is 11.8. The molecule has 0 saturated carbocycles. The van der Waals surface area contributed by atoms with Crippen molar-refractivity contribution in [1.29, 1.82) is 0 Å². The molecule has 14 heavy (non-hydrogen) atoms. The molecule has 0 bridgehead atoms. The van der Waals surface area contributed by atoms with E-state index in [2.05, 4.69) is 0 Å². The van der Waals surface area contributed by atoms with Crippen LogP contribution in [0.4, 0.5) is 0 Å². The van der Waals surface area contributed by atoms with Gasteiger partial charge in [-0.2, -0.15) is 0 Å². The van der Waals surface area contributed by atoms with Crippen LogP contribution in [0.2, 0.25) is 0 Å². The quantitative estimate of drug-likeness (QED) is 0.670. The smallest absolute Gasteiger partial charge is 0.324 e. The van der Waals surface area contributed by atoms with Gasteiger partial charge in [-0.05, 0) is 25.7 Å². The lowest BCUT2D eigenvalue weighted by Gasteiger charge is -2.24. The van der Waals surface area contributed by atoms with Crippen molar-refractivity contribution in [3.05, 3.63) is 0 Å². The first kappa shape index (κ1) is 14.2. The Labute approximate surface area is 87.4 Å². The molecule has 0 amide bonds. The second-order valence-electron chi connectivity index (χ2n) is 3.58. The van der Waals surface area contributed by atoms with Crippen LogP contribution in [0, 0.1) is 0 Å². The predicted molar refractivity (Wildman–Crippen MR) is 59.7 cm³/mol. The van der Waals surface area contributed by atoms with E-state index in [-0.39, 0.29) is 11.8 Å². The molecule has 1 atom stereocenters. The van der Waals surface area contributed by atoms with Crippen molar-refractivity contribution >= 4 is 7.60 Å². The Morgan fingerprint density at radius 1 is 1.07 bits per heavy atom. The third-order valence-electron chi connectivity index (χ3n) is 2.61. The summed E-state index contributed by atoms with van der Waals surface area (Å²) >= 11 is 0. The summed E-state index contributed by atoms with van der Waals surface area (Å²) < 4.78 is 17.1. The first-order chi connectivity index (χ1) is 6.51. The van der Waals surface area contributed by atoms with Gasteiger partial charge in [0.2, 0.25) is 0 Å². The van der Waals surface area contributed by atoms with Crippen molar-refractivity contribution in [1.82, 2.24) is 0 Å². The predicted octanol–water partition coefficient (Wildman–Crippen LogP) is 3.57. The average Bonchev–Trinajstić information content (AvgIpc) is 2.15. The van der Waals surface area contributed by atoms with Crippen LogP contribution >= 0.6 is 7.60 Å². The Morgan fingerprint density at radius 2 is 1.50 bits per heavy atom. The van der Waals surface area contributed by atoms with E-state index in [4.69, 9.17) is 4.52 Å². The summed E-state index contributed by atoms with van der Waals surface area (Å²) in [6.45, 7) is 7.79. The SMILES string of the molecule is CCC(CC)OP(=O)(O)C(CC)CC. The van der Waals surface area contributed by atoms with Gasteiger partial charge in [-0.1, -0.05) is 27.7 Å². The highest BCUT2D eigenvalue weighted by atomic mass is 31.2. The third kappa shape index (κ3) is 4.12. The van der Waals surface area contributed by atoms with Crippen LogP contribution < -0.4 is 0 Å². The molecule has 86 valence electrons. The van der Waals surface area contributed by atoms with Gasteiger partial charge < -0.3 is 9.42 Å². The molecule has 0 aromatic heterocycles. The average molecular weight is 222 g/mol.